The maximum absolute atomic E-state index is 12.6. The molecule has 0 bridgehead atoms. The Morgan fingerprint density at radius 3 is 2.46 bits per heavy atom. The first kappa shape index (κ1) is 18.3. The number of benzene rings is 2. The van der Waals surface area contributed by atoms with Gasteiger partial charge in [-0.1, -0.05) is 37.3 Å². The maximum Gasteiger partial charge on any atom is 0.241 e. The van der Waals surface area contributed by atoms with Gasteiger partial charge in [-0.15, -0.1) is 0 Å². The summed E-state index contributed by atoms with van der Waals surface area (Å²) in [6, 6.07) is 14.9. The van der Waals surface area contributed by atoms with E-state index in [1.807, 2.05) is 4.90 Å². The zero-order valence-electron chi connectivity index (χ0n) is 16.1. The normalized spacial score (nSPS) is 14.4. The number of amides is 1. The average molecular weight is 351 g/mol. The van der Waals surface area contributed by atoms with Crippen LogP contribution in [0.15, 0.2) is 42.5 Å². The van der Waals surface area contributed by atoms with Crippen LogP contribution in [0.5, 0.6) is 0 Å². The number of carbonyl (C=O) groups excluding carboxylic acids is 1. The van der Waals surface area contributed by atoms with E-state index in [4.69, 9.17) is 0 Å². The lowest BCUT2D eigenvalue weighted by molar-refractivity contribution is -0.129. The van der Waals surface area contributed by atoms with Gasteiger partial charge < -0.3 is 15.1 Å². The minimum atomic E-state index is 0.180. The Balaban J connectivity index is 1.54. The van der Waals surface area contributed by atoms with Gasteiger partial charge in [-0.2, -0.15) is 0 Å². The summed E-state index contributed by atoms with van der Waals surface area (Å²) in [5, 5.41) is 3.38. The Hall–Kier alpha value is -2.49. The Labute approximate surface area is 156 Å². The average Bonchev–Trinajstić information content (AvgIpc) is 2.66. The summed E-state index contributed by atoms with van der Waals surface area (Å²) in [5.41, 5.74) is 6.10. The van der Waals surface area contributed by atoms with Crippen LogP contribution in [0, 0.1) is 13.8 Å². The van der Waals surface area contributed by atoms with Gasteiger partial charge in [-0.3, -0.25) is 4.79 Å². The van der Waals surface area contributed by atoms with Crippen LogP contribution in [0.2, 0.25) is 0 Å². The second-order valence-electron chi connectivity index (χ2n) is 7.02. The second kappa shape index (κ2) is 8.26. The van der Waals surface area contributed by atoms with E-state index in [2.05, 4.69) is 73.5 Å². The van der Waals surface area contributed by atoms with E-state index >= 15 is 0 Å². The summed E-state index contributed by atoms with van der Waals surface area (Å²) in [6.07, 6.45) is 0.966. The third kappa shape index (κ3) is 4.18. The Morgan fingerprint density at radius 2 is 1.77 bits per heavy atom. The summed E-state index contributed by atoms with van der Waals surface area (Å²) in [6.45, 7) is 10.1. The van der Waals surface area contributed by atoms with Gasteiger partial charge in [0.05, 0.1) is 6.54 Å². The molecule has 4 heteroatoms. The molecule has 0 atom stereocenters. The molecule has 2 aromatic rings. The second-order valence-corrected chi connectivity index (χ2v) is 7.02. The van der Waals surface area contributed by atoms with Crippen LogP contribution >= 0.6 is 0 Å². The molecule has 1 heterocycles. The van der Waals surface area contributed by atoms with Crippen molar-refractivity contribution in [3.05, 3.63) is 59.2 Å². The number of nitrogens with zero attached hydrogens (tertiary/aromatic N) is 2. The molecule has 138 valence electrons. The largest absolute Gasteiger partial charge is 0.376 e. The van der Waals surface area contributed by atoms with E-state index in [-0.39, 0.29) is 5.91 Å². The number of piperazine rings is 1. The standard InChI is InChI=1S/C22H29N3O/c1-4-19-9-6-8-18(3)22(19)23-16-21(26)25-13-11-24(12-14-25)20-10-5-7-17(2)15-20/h5-10,15,23H,4,11-14,16H2,1-3H3. The van der Waals surface area contributed by atoms with E-state index in [0.717, 1.165) is 38.3 Å². The molecule has 0 spiro atoms. The van der Waals surface area contributed by atoms with Crippen molar-refractivity contribution in [2.45, 2.75) is 27.2 Å². The quantitative estimate of drug-likeness (QED) is 0.893. The number of carbonyl (C=O) groups is 1. The fourth-order valence-corrected chi connectivity index (χ4v) is 3.59. The van der Waals surface area contributed by atoms with Crippen LogP contribution in [0.3, 0.4) is 0 Å². The molecule has 1 N–H and O–H groups in total. The molecule has 0 radical (unpaired) electrons. The van der Waals surface area contributed by atoms with Gasteiger partial charge in [0.25, 0.3) is 0 Å². The number of para-hydroxylation sites is 1. The summed E-state index contributed by atoms with van der Waals surface area (Å²) in [7, 11) is 0. The molecule has 1 amide bonds. The number of hydrogen-bond donors (Lipinski definition) is 1. The number of hydrogen-bond acceptors (Lipinski definition) is 3. The van der Waals surface area contributed by atoms with Crippen LogP contribution in [-0.2, 0) is 11.2 Å². The Bertz CT molecular complexity index is 764. The predicted octanol–water partition coefficient (Wildman–Crippen LogP) is 3.63. The van der Waals surface area contributed by atoms with Gasteiger partial charge in [0, 0.05) is 37.6 Å². The minimum absolute atomic E-state index is 0.180. The highest BCUT2D eigenvalue weighted by Crippen LogP contribution is 2.21. The van der Waals surface area contributed by atoms with Crippen molar-refractivity contribution in [3.8, 4) is 0 Å². The van der Waals surface area contributed by atoms with Crippen molar-refractivity contribution in [3.63, 3.8) is 0 Å². The number of rotatable bonds is 5. The van der Waals surface area contributed by atoms with Crippen molar-refractivity contribution in [1.82, 2.24) is 4.90 Å². The predicted molar refractivity (Wildman–Crippen MR) is 109 cm³/mol. The number of anilines is 2. The lowest BCUT2D eigenvalue weighted by atomic mass is 10.1. The van der Waals surface area contributed by atoms with Crippen LogP contribution in [0.1, 0.15) is 23.6 Å². The summed E-state index contributed by atoms with van der Waals surface area (Å²) >= 11 is 0. The lowest BCUT2D eigenvalue weighted by Gasteiger charge is -2.36. The lowest BCUT2D eigenvalue weighted by Crippen LogP contribution is -2.50. The Morgan fingerprint density at radius 1 is 1.04 bits per heavy atom. The van der Waals surface area contributed by atoms with Crippen molar-refractivity contribution in [2.75, 3.05) is 42.9 Å². The Kier molecular flexibility index (Phi) is 5.82. The minimum Gasteiger partial charge on any atom is -0.376 e. The fraction of sp³-hybridized carbons (Fsp3) is 0.409. The molecular weight excluding hydrogens is 322 g/mol. The molecular formula is C22H29N3O. The molecule has 1 aliphatic heterocycles. The van der Waals surface area contributed by atoms with E-state index in [9.17, 15) is 4.79 Å². The first-order valence-corrected chi connectivity index (χ1v) is 9.50. The van der Waals surface area contributed by atoms with Crippen LogP contribution in [0.4, 0.5) is 11.4 Å². The van der Waals surface area contributed by atoms with E-state index in [1.165, 1.54) is 22.4 Å². The van der Waals surface area contributed by atoms with Gasteiger partial charge in [0.1, 0.15) is 0 Å². The molecule has 0 aliphatic carbocycles. The highest BCUT2D eigenvalue weighted by Gasteiger charge is 2.21. The number of aryl methyl sites for hydroxylation is 3. The molecule has 1 saturated heterocycles. The molecule has 0 aromatic heterocycles. The van der Waals surface area contributed by atoms with Gasteiger partial charge >= 0.3 is 0 Å². The van der Waals surface area contributed by atoms with Gasteiger partial charge in [0.15, 0.2) is 0 Å². The number of nitrogens with one attached hydrogen (secondary N) is 1. The third-order valence-corrected chi connectivity index (χ3v) is 5.16. The summed E-state index contributed by atoms with van der Waals surface area (Å²) in [5.74, 6) is 0.180. The van der Waals surface area contributed by atoms with Crippen molar-refractivity contribution in [2.24, 2.45) is 0 Å². The first-order valence-electron chi connectivity index (χ1n) is 9.50. The van der Waals surface area contributed by atoms with Crippen molar-refractivity contribution in [1.29, 1.82) is 0 Å². The van der Waals surface area contributed by atoms with Crippen molar-refractivity contribution < 1.29 is 4.79 Å². The molecule has 2 aromatic carbocycles. The van der Waals surface area contributed by atoms with Crippen LogP contribution < -0.4 is 10.2 Å². The molecule has 3 rings (SSSR count). The van der Waals surface area contributed by atoms with E-state index in [1.54, 1.807) is 0 Å². The van der Waals surface area contributed by atoms with E-state index < -0.39 is 0 Å². The third-order valence-electron chi connectivity index (χ3n) is 5.16. The topological polar surface area (TPSA) is 35.6 Å². The monoisotopic (exact) mass is 351 g/mol. The van der Waals surface area contributed by atoms with Gasteiger partial charge in [0.2, 0.25) is 5.91 Å². The molecule has 1 aliphatic rings. The molecule has 0 unspecified atom stereocenters. The highest BCUT2D eigenvalue weighted by molar-refractivity contribution is 5.81. The maximum atomic E-state index is 12.6. The van der Waals surface area contributed by atoms with Crippen LogP contribution in [0.25, 0.3) is 0 Å². The van der Waals surface area contributed by atoms with Gasteiger partial charge in [-0.05, 0) is 49.1 Å². The zero-order chi connectivity index (χ0) is 18.5. The summed E-state index contributed by atoms with van der Waals surface area (Å²) in [4.78, 5) is 17.0. The SMILES string of the molecule is CCc1cccc(C)c1NCC(=O)N1CCN(c2cccc(C)c2)CC1. The van der Waals surface area contributed by atoms with Gasteiger partial charge in [-0.25, -0.2) is 0 Å². The van der Waals surface area contributed by atoms with E-state index in [0.29, 0.717) is 6.54 Å². The van der Waals surface area contributed by atoms with Crippen molar-refractivity contribution >= 4 is 17.3 Å². The molecule has 4 nitrogen and oxygen atoms in total. The molecule has 1 fully saturated rings. The molecule has 26 heavy (non-hydrogen) atoms. The fourth-order valence-electron chi connectivity index (χ4n) is 3.59. The summed E-state index contributed by atoms with van der Waals surface area (Å²) < 4.78 is 0. The highest BCUT2D eigenvalue weighted by atomic mass is 16.2. The van der Waals surface area contributed by atoms with Crippen LogP contribution in [-0.4, -0.2) is 43.5 Å². The molecule has 0 saturated carbocycles. The zero-order valence-corrected chi connectivity index (χ0v) is 16.1. The smallest absolute Gasteiger partial charge is 0.241 e. The first-order chi connectivity index (χ1) is 12.6.